The Hall–Kier alpha value is -2.21. The molecule has 0 radical (unpaired) electrons. The van der Waals surface area contributed by atoms with Crippen molar-refractivity contribution in [3.8, 4) is 0 Å². The highest BCUT2D eigenvalue weighted by Gasteiger charge is 2.13. The molecule has 5 nitrogen and oxygen atoms in total. The molecule has 3 aromatic rings. The van der Waals surface area contributed by atoms with Crippen molar-refractivity contribution in [2.75, 3.05) is 5.32 Å². The van der Waals surface area contributed by atoms with Crippen molar-refractivity contribution < 1.29 is 4.79 Å². The van der Waals surface area contributed by atoms with Crippen LogP contribution < -0.4 is 5.32 Å². The number of anilines is 1. The van der Waals surface area contributed by atoms with Crippen molar-refractivity contribution in [1.29, 1.82) is 0 Å². The van der Waals surface area contributed by atoms with Crippen LogP contribution in [-0.2, 0) is 24.1 Å². The van der Waals surface area contributed by atoms with E-state index >= 15 is 0 Å². The van der Waals surface area contributed by atoms with Crippen LogP contribution in [0.25, 0.3) is 5.65 Å². The molecule has 0 atom stereocenters. The maximum Gasteiger partial charge on any atom is 0.232 e. The summed E-state index contributed by atoms with van der Waals surface area (Å²) in [6.45, 7) is 6.28. The highest BCUT2D eigenvalue weighted by atomic mass is 32.1. The fourth-order valence-electron chi connectivity index (χ4n) is 2.76. The summed E-state index contributed by atoms with van der Waals surface area (Å²) < 4.78 is 1.95. The molecule has 0 unspecified atom stereocenters. The fraction of sp³-hybridized carbons (Fsp3) is 0.389. The van der Waals surface area contributed by atoms with E-state index in [4.69, 9.17) is 0 Å². The second kappa shape index (κ2) is 7.13. The Morgan fingerprint density at radius 3 is 2.88 bits per heavy atom. The highest BCUT2D eigenvalue weighted by molar-refractivity contribution is 7.15. The van der Waals surface area contributed by atoms with Crippen molar-refractivity contribution >= 4 is 28.0 Å². The number of rotatable bonds is 6. The molecule has 1 N–H and O–H groups in total. The second-order valence-electron chi connectivity index (χ2n) is 5.87. The molecule has 0 aliphatic heterocycles. The van der Waals surface area contributed by atoms with Crippen LogP contribution in [0.2, 0.25) is 0 Å². The third-order valence-electron chi connectivity index (χ3n) is 3.90. The first-order valence-electron chi connectivity index (χ1n) is 8.32. The van der Waals surface area contributed by atoms with Crippen LogP contribution in [-0.4, -0.2) is 20.3 Å². The second-order valence-corrected chi connectivity index (χ2v) is 6.96. The molecule has 1 amide bonds. The smallest absolute Gasteiger partial charge is 0.232 e. The third kappa shape index (κ3) is 3.48. The number of pyridine rings is 1. The normalized spacial score (nSPS) is 11.1. The van der Waals surface area contributed by atoms with E-state index in [0.29, 0.717) is 5.13 Å². The van der Waals surface area contributed by atoms with Gasteiger partial charge in [0.1, 0.15) is 5.65 Å². The fourth-order valence-corrected chi connectivity index (χ4v) is 3.73. The molecule has 24 heavy (non-hydrogen) atoms. The molecule has 0 aromatic carbocycles. The average Bonchev–Trinajstić information content (AvgIpc) is 3.12. The Kier molecular flexibility index (Phi) is 4.94. The van der Waals surface area contributed by atoms with Crippen molar-refractivity contribution in [1.82, 2.24) is 14.4 Å². The van der Waals surface area contributed by atoms with Crippen molar-refractivity contribution in [3.63, 3.8) is 0 Å². The molecule has 126 valence electrons. The lowest BCUT2D eigenvalue weighted by atomic mass is 10.2. The predicted octanol–water partition coefficient (Wildman–Crippen LogP) is 3.80. The van der Waals surface area contributed by atoms with Gasteiger partial charge in [-0.1, -0.05) is 26.3 Å². The van der Waals surface area contributed by atoms with Gasteiger partial charge in [-0.05, 0) is 31.4 Å². The lowest BCUT2D eigenvalue weighted by Gasteiger charge is -1.98. The topological polar surface area (TPSA) is 59.3 Å². The van der Waals surface area contributed by atoms with E-state index in [0.717, 1.165) is 41.9 Å². The molecule has 3 heterocycles. The van der Waals surface area contributed by atoms with Gasteiger partial charge >= 0.3 is 0 Å². The number of fused-ring (bicyclic) bond motifs is 1. The van der Waals surface area contributed by atoms with E-state index in [-0.39, 0.29) is 12.3 Å². The maximum absolute atomic E-state index is 12.3. The minimum absolute atomic E-state index is 0.0736. The lowest BCUT2D eigenvalue weighted by Crippen LogP contribution is -2.14. The first-order chi connectivity index (χ1) is 11.6. The van der Waals surface area contributed by atoms with Crippen molar-refractivity contribution in [2.45, 2.75) is 46.5 Å². The molecular formula is C18H22N4OS. The zero-order valence-corrected chi connectivity index (χ0v) is 15.1. The SMILES string of the molecule is CCCc1nc(NC(=O)Cc2cn3cccc(C)c3n2)sc1CC. The van der Waals surface area contributed by atoms with Gasteiger partial charge in [-0.25, -0.2) is 9.97 Å². The molecule has 0 spiro atoms. The summed E-state index contributed by atoms with van der Waals surface area (Å²) in [6, 6.07) is 3.99. The molecule has 0 aliphatic carbocycles. The summed E-state index contributed by atoms with van der Waals surface area (Å²) in [5, 5.41) is 3.62. The Morgan fingerprint density at radius 2 is 2.17 bits per heavy atom. The zero-order chi connectivity index (χ0) is 17.1. The molecule has 0 fully saturated rings. The third-order valence-corrected chi connectivity index (χ3v) is 5.06. The first-order valence-corrected chi connectivity index (χ1v) is 9.14. The number of imidazole rings is 1. The number of hydrogen-bond donors (Lipinski definition) is 1. The number of amides is 1. The Labute approximate surface area is 145 Å². The maximum atomic E-state index is 12.3. The highest BCUT2D eigenvalue weighted by Crippen LogP contribution is 2.24. The van der Waals surface area contributed by atoms with Crippen LogP contribution in [0.1, 0.15) is 42.1 Å². The lowest BCUT2D eigenvalue weighted by molar-refractivity contribution is -0.115. The number of aromatic nitrogens is 3. The standard InChI is InChI=1S/C18H22N4OS/c1-4-7-14-15(5-2)24-18(20-14)21-16(23)10-13-11-22-9-6-8-12(3)17(22)19-13/h6,8-9,11H,4-5,7,10H2,1-3H3,(H,20,21,23). The first kappa shape index (κ1) is 16.6. The average molecular weight is 342 g/mol. The molecule has 0 saturated carbocycles. The number of aryl methyl sites for hydroxylation is 3. The summed E-state index contributed by atoms with van der Waals surface area (Å²) in [5.74, 6) is -0.0736. The molecule has 0 saturated heterocycles. The van der Waals surface area contributed by atoms with E-state index in [2.05, 4.69) is 29.1 Å². The van der Waals surface area contributed by atoms with Crippen LogP contribution in [0.4, 0.5) is 5.13 Å². The van der Waals surface area contributed by atoms with Gasteiger partial charge in [0.15, 0.2) is 5.13 Å². The molecule has 3 rings (SSSR count). The Balaban J connectivity index is 1.71. The number of nitrogens with zero attached hydrogens (tertiary/aromatic N) is 3. The monoisotopic (exact) mass is 342 g/mol. The van der Waals surface area contributed by atoms with Crippen LogP contribution in [0.5, 0.6) is 0 Å². The van der Waals surface area contributed by atoms with E-state index in [9.17, 15) is 4.79 Å². The molecular weight excluding hydrogens is 320 g/mol. The van der Waals surface area contributed by atoms with Gasteiger partial charge in [0.2, 0.25) is 5.91 Å². The Morgan fingerprint density at radius 1 is 1.33 bits per heavy atom. The quantitative estimate of drug-likeness (QED) is 0.741. The van der Waals surface area contributed by atoms with Gasteiger partial charge in [0.05, 0.1) is 17.8 Å². The summed E-state index contributed by atoms with van der Waals surface area (Å²) in [7, 11) is 0. The molecule has 0 aliphatic rings. The minimum atomic E-state index is -0.0736. The predicted molar refractivity (Wildman–Crippen MR) is 97.7 cm³/mol. The summed E-state index contributed by atoms with van der Waals surface area (Å²) in [6.07, 6.45) is 7.08. The van der Waals surface area contributed by atoms with Crippen molar-refractivity contribution in [3.05, 3.63) is 46.4 Å². The minimum Gasteiger partial charge on any atom is -0.307 e. The Bertz CT molecular complexity index is 865. The number of thiazole rings is 1. The van der Waals surface area contributed by atoms with Crippen LogP contribution in [0.3, 0.4) is 0 Å². The number of carbonyl (C=O) groups is 1. The van der Waals surface area contributed by atoms with Gasteiger partial charge in [-0.15, -0.1) is 11.3 Å². The zero-order valence-electron chi connectivity index (χ0n) is 14.3. The van der Waals surface area contributed by atoms with E-state index in [1.807, 2.05) is 35.9 Å². The van der Waals surface area contributed by atoms with Gasteiger partial charge in [-0.2, -0.15) is 0 Å². The van der Waals surface area contributed by atoms with E-state index in [1.54, 1.807) is 11.3 Å². The van der Waals surface area contributed by atoms with Crippen LogP contribution in [0.15, 0.2) is 24.5 Å². The van der Waals surface area contributed by atoms with Crippen LogP contribution in [0, 0.1) is 6.92 Å². The van der Waals surface area contributed by atoms with E-state index < -0.39 is 0 Å². The van der Waals surface area contributed by atoms with Gasteiger partial charge in [-0.3, -0.25) is 4.79 Å². The van der Waals surface area contributed by atoms with E-state index in [1.165, 1.54) is 4.88 Å². The van der Waals surface area contributed by atoms with Crippen molar-refractivity contribution in [2.24, 2.45) is 0 Å². The number of carbonyl (C=O) groups excluding carboxylic acids is 1. The summed E-state index contributed by atoms with van der Waals surface area (Å²) in [4.78, 5) is 22.7. The largest absolute Gasteiger partial charge is 0.307 e. The number of nitrogens with one attached hydrogen (secondary N) is 1. The van der Waals surface area contributed by atoms with Gasteiger partial charge in [0, 0.05) is 17.3 Å². The summed E-state index contributed by atoms with van der Waals surface area (Å²) >= 11 is 1.58. The van der Waals surface area contributed by atoms with Gasteiger partial charge in [0.25, 0.3) is 0 Å². The van der Waals surface area contributed by atoms with Gasteiger partial charge < -0.3 is 9.72 Å². The molecule has 6 heteroatoms. The molecule has 0 bridgehead atoms. The summed E-state index contributed by atoms with van der Waals surface area (Å²) in [5.41, 5.74) is 3.88. The van der Waals surface area contributed by atoms with Crippen LogP contribution >= 0.6 is 11.3 Å². The molecule has 3 aromatic heterocycles. The number of hydrogen-bond acceptors (Lipinski definition) is 4.